The van der Waals surface area contributed by atoms with Crippen molar-refractivity contribution >= 4 is 11.8 Å². The minimum Gasteiger partial charge on any atom is -0.461 e. The third kappa shape index (κ3) is 3.28. The van der Waals surface area contributed by atoms with Gasteiger partial charge in [-0.3, -0.25) is 4.79 Å². The number of rotatable bonds is 7. The molecule has 1 aliphatic rings. The van der Waals surface area contributed by atoms with Gasteiger partial charge in [0.1, 0.15) is 5.69 Å². The number of hydrogen-bond donors (Lipinski definition) is 2. The molecule has 1 aliphatic carbocycles. The molecule has 1 aromatic heterocycles. The number of H-pyrrole nitrogens is 1. The van der Waals surface area contributed by atoms with E-state index < -0.39 is 5.97 Å². The van der Waals surface area contributed by atoms with Crippen LogP contribution < -0.4 is 5.32 Å². The van der Waals surface area contributed by atoms with Gasteiger partial charge in [-0.25, -0.2) is 4.79 Å². The summed E-state index contributed by atoms with van der Waals surface area (Å²) in [5.41, 5.74) is 2.40. The number of hydrogen-bond acceptors (Lipinski definition) is 4. The van der Waals surface area contributed by atoms with Crippen molar-refractivity contribution in [2.45, 2.75) is 33.6 Å². The zero-order valence-electron chi connectivity index (χ0n) is 12.3. The predicted molar refractivity (Wildman–Crippen MR) is 76.1 cm³/mol. The summed E-state index contributed by atoms with van der Waals surface area (Å²) in [4.78, 5) is 27.0. The van der Waals surface area contributed by atoms with E-state index in [4.69, 9.17) is 4.74 Å². The lowest BCUT2D eigenvalue weighted by Crippen LogP contribution is -2.25. The molecule has 1 fully saturated rings. The van der Waals surface area contributed by atoms with Crippen LogP contribution in [0.4, 0.5) is 0 Å². The molecule has 0 radical (unpaired) electrons. The van der Waals surface area contributed by atoms with E-state index in [0.29, 0.717) is 30.0 Å². The Hall–Kier alpha value is -1.62. The Labute approximate surface area is 119 Å². The van der Waals surface area contributed by atoms with Crippen molar-refractivity contribution in [1.29, 1.82) is 0 Å². The Kier molecular flexibility index (Phi) is 4.60. The molecule has 0 bridgehead atoms. The average molecular weight is 278 g/mol. The third-order valence-corrected chi connectivity index (χ3v) is 3.61. The van der Waals surface area contributed by atoms with Gasteiger partial charge in [-0.15, -0.1) is 0 Å². The van der Waals surface area contributed by atoms with Crippen molar-refractivity contribution in [3.8, 4) is 0 Å². The van der Waals surface area contributed by atoms with Gasteiger partial charge in [-0.2, -0.15) is 0 Å². The second-order valence-electron chi connectivity index (χ2n) is 5.34. The summed E-state index contributed by atoms with van der Waals surface area (Å²) in [6.07, 6.45) is 2.52. The Morgan fingerprint density at radius 3 is 2.65 bits per heavy atom. The van der Waals surface area contributed by atoms with Crippen molar-refractivity contribution in [2.75, 3.05) is 19.7 Å². The number of Topliss-reactive ketones (excluding diaryl/α,β-unsaturated/α-hetero) is 1. The monoisotopic (exact) mass is 278 g/mol. The number of aromatic nitrogens is 1. The van der Waals surface area contributed by atoms with Gasteiger partial charge in [0.25, 0.3) is 0 Å². The second kappa shape index (κ2) is 6.22. The first-order valence-electron chi connectivity index (χ1n) is 7.14. The summed E-state index contributed by atoms with van der Waals surface area (Å²) in [6.45, 7) is 6.89. The number of carbonyl (C=O) groups excluding carboxylic acids is 2. The molecule has 110 valence electrons. The quantitative estimate of drug-likeness (QED) is 0.591. The lowest BCUT2D eigenvalue weighted by atomic mass is 10.1. The standard InChI is InChI=1S/C15H22N2O3/c1-4-20-15(19)14-9(2)13(10(3)17-14)12(18)8-16-7-11-5-6-11/h11,16-17H,4-8H2,1-3H3. The first kappa shape index (κ1) is 14.8. The van der Waals surface area contributed by atoms with Gasteiger partial charge in [0.15, 0.2) is 5.78 Å². The molecular formula is C15H22N2O3. The number of nitrogens with one attached hydrogen (secondary N) is 2. The van der Waals surface area contributed by atoms with Gasteiger partial charge < -0.3 is 15.0 Å². The van der Waals surface area contributed by atoms with Gasteiger partial charge >= 0.3 is 5.97 Å². The maximum Gasteiger partial charge on any atom is 0.355 e. The molecule has 2 N–H and O–H groups in total. The Balaban J connectivity index is 2.05. The third-order valence-electron chi connectivity index (χ3n) is 3.61. The molecule has 5 heteroatoms. The highest BCUT2D eigenvalue weighted by molar-refractivity contribution is 6.03. The van der Waals surface area contributed by atoms with E-state index in [1.807, 2.05) is 6.92 Å². The molecule has 0 spiro atoms. The lowest BCUT2D eigenvalue weighted by Gasteiger charge is -2.04. The molecule has 0 atom stereocenters. The summed E-state index contributed by atoms with van der Waals surface area (Å²) in [5, 5.41) is 3.18. The maximum atomic E-state index is 12.2. The molecule has 0 amide bonds. The van der Waals surface area contributed by atoms with Crippen molar-refractivity contribution in [3.63, 3.8) is 0 Å². The van der Waals surface area contributed by atoms with Gasteiger partial charge in [-0.05, 0) is 51.6 Å². The summed E-state index contributed by atoms with van der Waals surface area (Å²) in [6, 6.07) is 0. The van der Waals surface area contributed by atoms with Crippen LogP contribution in [0.5, 0.6) is 0 Å². The number of aromatic amines is 1. The van der Waals surface area contributed by atoms with Crippen molar-refractivity contribution in [1.82, 2.24) is 10.3 Å². The molecule has 0 aromatic carbocycles. The van der Waals surface area contributed by atoms with Crippen LogP contribution in [0, 0.1) is 19.8 Å². The molecule has 1 heterocycles. The number of carbonyl (C=O) groups is 2. The highest BCUT2D eigenvalue weighted by Gasteiger charge is 2.24. The number of ketones is 1. The van der Waals surface area contributed by atoms with Crippen LogP contribution >= 0.6 is 0 Å². The summed E-state index contributed by atoms with van der Waals surface area (Å²) in [7, 11) is 0. The fourth-order valence-electron chi connectivity index (χ4n) is 2.38. The van der Waals surface area contributed by atoms with Crippen molar-refractivity contribution < 1.29 is 14.3 Å². The average Bonchev–Trinajstić information content (AvgIpc) is 3.15. The van der Waals surface area contributed by atoms with E-state index in [2.05, 4.69) is 10.3 Å². The summed E-state index contributed by atoms with van der Waals surface area (Å²) in [5.74, 6) is 0.358. The normalized spacial score (nSPS) is 14.3. The van der Waals surface area contributed by atoms with E-state index in [-0.39, 0.29) is 5.78 Å². The number of aryl methyl sites for hydroxylation is 1. The first-order chi connectivity index (χ1) is 9.54. The molecule has 5 nitrogen and oxygen atoms in total. The highest BCUT2D eigenvalue weighted by atomic mass is 16.5. The second-order valence-corrected chi connectivity index (χ2v) is 5.34. The molecule has 20 heavy (non-hydrogen) atoms. The summed E-state index contributed by atoms with van der Waals surface area (Å²) < 4.78 is 4.98. The maximum absolute atomic E-state index is 12.2. The smallest absolute Gasteiger partial charge is 0.355 e. The van der Waals surface area contributed by atoms with Gasteiger partial charge in [0.2, 0.25) is 0 Å². The number of esters is 1. The van der Waals surface area contributed by atoms with E-state index >= 15 is 0 Å². The van der Waals surface area contributed by atoms with Crippen LogP contribution in [0.2, 0.25) is 0 Å². The van der Waals surface area contributed by atoms with Gasteiger partial charge in [0.05, 0.1) is 13.2 Å². The largest absolute Gasteiger partial charge is 0.461 e. The van der Waals surface area contributed by atoms with E-state index in [1.165, 1.54) is 12.8 Å². The van der Waals surface area contributed by atoms with Crippen molar-refractivity contribution in [3.05, 3.63) is 22.5 Å². The van der Waals surface area contributed by atoms with Crippen LogP contribution in [0.25, 0.3) is 0 Å². The van der Waals surface area contributed by atoms with Crippen LogP contribution in [0.15, 0.2) is 0 Å². The number of ether oxygens (including phenoxy) is 1. The van der Waals surface area contributed by atoms with E-state index in [9.17, 15) is 9.59 Å². The predicted octanol–water partition coefficient (Wildman–Crippen LogP) is 1.99. The highest BCUT2D eigenvalue weighted by Crippen LogP contribution is 2.27. The van der Waals surface area contributed by atoms with Crippen molar-refractivity contribution in [2.24, 2.45) is 5.92 Å². The van der Waals surface area contributed by atoms with Crippen LogP contribution in [0.3, 0.4) is 0 Å². The minimum atomic E-state index is -0.405. The molecule has 0 saturated heterocycles. The SMILES string of the molecule is CCOC(=O)c1[nH]c(C)c(C(=O)CNCC2CC2)c1C. The molecule has 0 unspecified atom stereocenters. The zero-order valence-corrected chi connectivity index (χ0v) is 12.3. The molecule has 1 aromatic rings. The zero-order chi connectivity index (χ0) is 14.7. The molecule has 2 rings (SSSR count). The molecule has 1 saturated carbocycles. The Morgan fingerprint density at radius 2 is 2.05 bits per heavy atom. The molecule has 0 aliphatic heterocycles. The first-order valence-corrected chi connectivity index (χ1v) is 7.14. The van der Waals surface area contributed by atoms with Crippen LogP contribution in [-0.4, -0.2) is 36.4 Å². The van der Waals surface area contributed by atoms with Gasteiger partial charge in [0, 0.05) is 11.3 Å². The van der Waals surface area contributed by atoms with Crippen LogP contribution in [0.1, 0.15) is 51.9 Å². The molecular weight excluding hydrogens is 256 g/mol. The van der Waals surface area contributed by atoms with Gasteiger partial charge in [-0.1, -0.05) is 0 Å². The Bertz CT molecular complexity index is 515. The summed E-state index contributed by atoms with van der Waals surface area (Å²) >= 11 is 0. The van der Waals surface area contributed by atoms with Crippen LogP contribution in [-0.2, 0) is 4.74 Å². The Morgan fingerprint density at radius 1 is 1.35 bits per heavy atom. The minimum absolute atomic E-state index is 0.0208. The topological polar surface area (TPSA) is 71.2 Å². The fraction of sp³-hybridized carbons (Fsp3) is 0.600. The lowest BCUT2D eigenvalue weighted by molar-refractivity contribution is 0.0519. The fourth-order valence-corrected chi connectivity index (χ4v) is 2.38. The van der Waals surface area contributed by atoms with E-state index in [1.54, 1.807) is 13.8 Å². The van der Waals surface area contributed by atoms with E-state index in [0.717, 1.165) is 18.2 Å².